The molecule has 0 radical (unpaired) electrons. The summed E-state index contributed by atoms with van der Waals surface area (Å²) in [6.45, 7) is 2.68. The normalized spacial score (nSPS) is 10.8. The van der Waals surface area contributed by atoms with Gasteiger partial charge in [-0.1, -0.05) is 6.92 Å². The molecule has 0 saturated carbocycles. The number of benzene rings is 2. The molecule has 0 bridgehead atoms. The smallest absolute Gasteiger partial charge is 0.263 e. The van der Waals surface area contributed by atoms with Crippen LogP contribution in [0, 0.1) is 5.82 Å². The number of hydrogen-bond donors (Lipinski definition) is 2. The number of rotatable bonds is 7. The molecule has 0 aliphatic heterocycles. The Morgan fingerprint density at radius 2 is 1.76 bits per heavy atom. The second kappa shape index (κ2) is 9.47. The molecule has 4 aromatic rings. The number of aromatic nitrogens is 3. The van der Waals surface area contributed by atoms with Crippen LogP contribution in [0.2, 0.25) is 0 Å². The van der Waals surface area contributed by atoms with E-state index in [1.807, 2.05) is 10.6 Å². The highest BCUT2D eigenvalue weighted by Crippen LogP contribution is 2.18. The Kier molecular flexibility index (Phi) is 6.30. The molecule has 33 heavy (non-hydrogen) atoms. The molecule has 0 atom stereocenters. The van der Waals surface area contributed by atoms with Crippen LogP contribution in [-0.2, 0) is 17.9 Å². The lowest BCUT2D eigenvalue weighted by Gasteiger charge is -2.10. The van der Waals surface area contributed by atoms with E-state index in [0.717, 1.165) is 28.6 Å². The van der Waals surface area contributed by atoms with Crippen LogP contribution >= 0.6 is 0 Å². The monoisotopic (exact) mass is 447 g/mol. The minimum atomic E-state index is -0.644. The van der Waals surface area contributed by atoms with E-state index in [9.17, 15) is 18.8 Å². The first-order valence-electron chi connectivity index (χ1n) is 10.5. The number of nitrogens with zero attached hydrogens (tertiary/aromatic N) is 3. The molecule has 2 aromatic carbocycles. The zero-order chi connectivity index (χ0) is 23.4. The number of nitrogens with one attached hydrogen (secondary N) is 2. The Balaban J connectivity index is 1.46. The van der Waals surface area contributed by atoms with Gasteiger partial charge in [-0.15, -0.1) is 0 Å². The zero-order valence-electron chi connectivity index (χ0n) is 17.9. The summed E-state index contributed by atoms with van der Waals surface area (Å²) < 4.78 is 16.2. The van der Waals surface area contributed by atoms with Crippen LogP contribution in [-0.4, -0.2) is 25.9 Å². The van der Waals surface area contributed by atoms with Crippen LogP contribution in [0.3, 0.4) is 0 Å². The van der Waals surface area contributed by atoms with Gasteiger partial charge in [0.05, 0.1) is 17.4 Å². The molecular formula is C24H22FN5O3. The minimum Gasteiger partial charge on any atom is -0.331 e. The van der Waals surface area contributed by atoms with Crippen LogP contribution < -0.4 is 16.2 Å². The summed E-state index contributed by atoms with van der Waals surface area (Å²) in [7, 11) is 0. The topological polar surface area (TPSA) is 98.0 Å². The first kappa shape index (κ1) is 21.9. The maximum atomic E-state index is 13.0. The van der Waals surface area contributed by atoms with Gasteiger partial charge in [0.2, 0.25) is 5.91 Å². The van der Waals surface area contributed by atoms with Crippen molar-refractivity contribution in [3.05, 3.63) is 88.9 Å². The molecule has 4 rings (SSSR count). The van der Waals surface area contributed by atoms with Crippen molar-refractivity contribution >= 4 is 34.2 Å². The number of hydrogen-bond acceptors (Lipinski definition) is 4. The molecular weight excluding hydrogens is 425 g/mol. The number of imidazole rings is 1. The standard InChI is InChI=1S/C24H22FN5O3/c1-2-11-30-15-26-20-13-18(9-10-21(20)30)27-22(31)14-29-12-3-4-19(24(29)33)23(32)28-17-7-5-16(25)6-8-17/h3-10,12-13,15H,2,11,14H2,1H3,(H,27,31)(H,28,32). The number of pyridine rings is 1. The second-order valence-electron chi connectivity index (χ2n) is 7.51. The highest BCUT2D eigenvalue weighted by Gasteiger charge is 2.14. The van der Waals surface area contributed by atoms with Crippen LogP contribution in [0.1, 0.15) is 23.7 Å². The third kappa shape index (κ3) is 4.98. The maximum Gasteiger partial charge on any atom is 0.263 e. The summed E-state index contributed by atoms with van der Waals surface area (Å²) >= 11 is 0. The van der Waals surface area contributed by atoms with Gasteiger partial charge in [0.15, 0.2) is 0 Å². The molecule has 2 N–H and O–H groups in total. The molecule has 168 valence electrons. The Bertz CT molecular complexity index is 1380. The fourth-order valence-corrected chi connectivity index (χ4v) is 3.48. The summed E-state index contributed by atoms with van der Waals surface area (Å²) in [6.07, 6.45) is 4.19. The number of anilines is 2. The predicted octanol–water partition coefficient (Wildman–Crippen LogP) is 3.64. The average molecular weight is 447 g/mol. The quantitative estimate of drug-likeness (QED) is 0.452. The van der Waals surface area contributed by atoms with Gasteiger partial charge in [-0.3, -0.25) is 14.4 Å². The molecule has 9 heteroatoms. The summed E-state index contributed by atoms with van der Waals surface area (Å²) in [4.78, 5) is 42.1. The van der Waals surface area contributed by atoms with Crippen molar-refractivity contribution in [1.82, 2.24) is 14.1 Å². The van der Waals surface area contributed by atoms with Crippen molar-refractivity contribution in [2.75, 3.05) is 10.6 Å². The van der Waals surface area contributed by atoms with Gasteiger partial charge in [0.25, 0.3) is 11.5 Å². The first-order chi connectivity index (χ1) is 15.9. The highest BCUT2D eigenvalue weighted by molar-refractivity contribution is 6.04. The van der Waals surface area contributed by atoms with Crippen LogP contribution in [0.15, 0.2) is 71.9 Å². The molecule has 0 aliphatic carbocycles. The van der Waals surface area contributed by atoms with E-state index in [-0.39, 0.29) is 12.1 Å². The highest BCUT2D eigenvalue weighted by atomic mass is 19.1. The molecule has 0 aliphatic rings. The summed E-state index contributed by atoms with van der Waals surface area (Å²) in [5, 5.41) is 5.31. The fraction of sp³-hybridized carbons (Fsp3) is 0.167. The van der Waals surface area contributed by atoms with E-state index in [0.29, 0.717) is 11.4 Å². The maximum absolute atomic E-state index is 13.0. The molecule has 0 spiro atoms. The zero-order valence-corrected chi connectivity index (χ0v) is 17.9. The van der Waals surface area contributed by atoms with Gasteiger partial charge in [0.1, 0.15) is 17.9 Å². The SMILES string of the molecule is CCCn1cnc2cc(NC(=O)Cn3cccc(C(=O)Nc4ccc(F)cc4)c3=O)ccc21. The van der Waals surface area contributed by atoms with E-state index in [1.54, 1.807) is 18.5 Å². The average Bonchev–Trinajstić information content (AvgIpc) is 3.19. The molecule has 8 nitrogen and oxygen atoms in total. The van der Waals surface area contributed by atoms with Crippen LogP contribution in [0.5, 0.6) is 0 Å². The summed E-state index contributed by atoms with van der Waals surface area (Å²) in [5.74, 6) is -1.50. The van der Waals surface area contributed by atoms with Crippen molar-refractivity contribution in [2.24, 2.45) is 0 Å². The van der Waals surface area contributed by atoms with E-state index >= 15 is 0 Å². The number of amides is 2. The third-order valence-electron chi connectivity index (χ3n) is 5.05. The van der Waals surface area contributed by atoms with E-state index in [1.165, 1.54) is 42.6 Å². The second-order valence-corrected chi connectivity index (χ2v) is 7.51. The van der Waals surface area contributed by atoms with E-state index in [4.69, 9.17) is 0 Å². The molecule has 2 heterocycles. The Labute approximate surface area is 188 Å². The van der Waals surface area contributed by atoms with Crippen molar-refractivity contribution < 1.29 is 14.0 Å². The molecule has 2 amide bonds. The lowest BCUT2D eigenvalue weighted by molar-refractivity contribution is -0.116. The summed E-state index contributed by atoms with van der Waals surface area (Å²) in [5.41, 5.74) is 1.92. The van der Waals surface area contributed by atoms with Crippen molar-refractivity contribution in [3.63, 3.8) is 0 Å². The van der Waals surface area contributed by atoms with E-state index in [2.05, 4.69) is 22.5 Å². The Morgan fingerprint density at radius 1 is 1.00 bits per heavy atom. The van der Waals surface area contributed by atoms with Crippen molar-refractivity contribution in [1.29, 1.82) is 0 Å². The minimum absolute atomic E-state index is 0.127. The summed E-state index contributed by atoms with van der Waals surface area (Å²) in [6, 6.07) is 13.5. The van der Waals surface area contributed by atoms with Crippen LogP contribution in [0.25, 0.3) is 11.0 Å². The largest absolute Gasteiger partial charge is 0.331 e. The lowest BCUT2D eigenvalue weighted by atomic mass is 10.2. The third-order valence-corrected chi connectivity index (χ3v) is 5.05. The number of halogens is 1. The molecule has 0 saturated heterocycles. The Morgan fingerprint density at radius 3 is 2.52 bits per heavy atom. The van der Waals surface area contributed by atoms with Gasteiger partial charge >= 0.3 is 0 Å². The van der Waals surface area contributed by atoms with Gasteiger partial charge in [-0.2, -0.15) is 0 Å². The Hall–Kier alpha value is -4.27. The van der Waals surface area contributed by atoms with Gasteiger partial charge in [-0.05, 0) is 61.0 Å². The fourth-order valence-electron chi connectivity index (χ4n) is 3.48. The lowest BCUT2D eigenvalue weighted by Crippen LogP contribution is -2.32. The number of carbonyl (C=O) groups is 2. The van der Waals surface area contributed by atoms with Crippen LogP contribution in [0.4, 0.5) is 15.8 Å². The van der Waals surface area contributed by atoms with Crippen molar-refractivity contribution in [3.8, 4) is 0 Å². The molecule has 0 fully saturated rings. The van der Waals surface area contributed by atoms with Gasteiger partial charge < -0.3 is 19.8 Å². The van der Waals surface area contributed by atoms with Gasteiger partial charge in [0, 0.05) is 24.1 Å². The van der Waals surface area contributed by atoms with Gasteiger partial charge in [-0.25, -0.2) is 9.37 Å². The van der Waals surface area contributed by atoms with E-state index < -0.39 is 23.2 Å². The number of carbonyl (C=O) groups excluding carboxylic acids is 2. The molecule has 0 unspecified atom stereocenters. The molecule has 2 aromatic heterocycles. The number of aryl methyl sites for hydroxylation is 1. The number of fused-ring (bicyclic) bond motifs is 1. The van der Waals surface area contributed by atoms with Crippen molar-refractivity contribution in [2.45, 2.75) is 26.4 Å². The predicted molar refractivity (Wildman–Crippen MR) is 124 cm³/mol. The first-order valence-corrected chi connectivity index (χ1v) is 10.5.